The zero-order valence-electron chi connectivity index (χ0n) is 12.2. The van der Waals surface area contributed by atoms with Gasteiger partial charge in [-0.3, -0.25) is 0 Å². The molecule has 0 bridgehead atoms. The molecule has 110 valence electrons. The van der Waals surface area contributed by atoms with Crippen LogP contribution in [0.15, 0.2) is 24.1 Å². The van der Waals surface area contributed by atoms with Crippen molar-refractivity contribution in [2.75, 3.05) is 6.61 Å². The van der Waals surface area contributed by atoms with E-state index in [-0.39, 0.29) is 11.9 Å². The van der Waals surface area contributed by atoms with E-state index in [9.17, 15) is 4.39 Å². The third-order valence-electron chi connectivity index (χ3n) is 6.63. The number of rotatable bonds is 6. The van der Waals surface area contributed by atoms with Crippen molar-refractivity contribution in [3.05, 3.63) is 24.1 Å². The summed E-state index contributed by atoms with van der Waals surface area (Å²) in [7, 11) is 0. The Hall–Kier alpha value is -0.630. The van der Waals surface area contributed by atoms with E-state index in [1.54, 1.807) is 6.08 Å². The first-order valence-electron chi connectivity index (χ1n) is 8.45. The Morgan fingerprint density at radius 3 is 2.70 bits per heavy atom. The van der Waals surface area contributed by atoms with E-state index in [1.165, 1.54) is 51.0 Å². The molecule has 20 heavy (non-hydrogen) atoms. The van der Waals surface area contributed by atoms with Gasteiger partial charge in [0.1, 0.15) is 5.83 Å². The van der Waals surface area contributed by atoms with Crippen molar-refractivity contribution >= 4 is 0 Å². The Morgan fingerprint density at radius 2 is 2.10 bits per heavy atom. The first-order valence-corrected chi connectivity index (χ1v) is 8.45. The number of allylic oxidation sites excluding steroid dienone is 2. The number of ether oxygens (including phenoxy) is 1. The quantitative estimate of drug-likeness (QED) is 0.634. The minimum Gasteiger partial charge on any atom is -0.374 e. The van der Waals surface area contributed by atoms with E-state index in [0.29, 0.717) is 6.42 Å². The molecule has 3 fully saturated rings. The molecule has 4 aliphatic carbocycles. The molecule has 5 atom stereocenters. The maximum Gasteiger partial charge on any atom is 0.119 e. The molecule has 5 unspecified atom stereocenters. The van der Waals surface area contributed by atoms with Gasteiger partial charge >= 0.3 is 0 Å². The van der Waals surface area contributed by atoms with Crippen LogP contribution in [0.1, 0.15) is 51.4 Å². The largest absolute Gasteiger partial charge is 0.374 e. The Morgan fingerprint density at radius 1 is 1.20 bits per heavy atom. The number of halogens is 1. The number of unbranched alkanes of at least 4 members (excludes halogenated alkanes) is 1. The molecular weight excluding hydrogens is 251 g/mol. The van der Waals surface area contributed by atoms with Crippen LogP contribution in [-0.4, -0.2) is 12.7 Å². The molecule has 0 aromatic heterocycles. The summed E-state index contributed by atoms with van der Waals surface area (Å²) >= 11 is 0. The maximum absolute atomic E-state index is 12.8. The van der Waals surface area contributed by atoms with Crippen molar-refractivity contribution in [2.24, 2.45) is 23.2 Å². The van der Waals surface area contributed by atoms with Crippen molar-refractivity contribution < 1.29 is 9.13 Å². The fourth-order valence-electron chi connectivity index (χ4n) is 5.37. The normalized spacial score (nSPS) is 44.5. The maximum atomic E-state index is 12.8. The highest BCUT2D eigenvalue weighted by Gasteiger charge is 2.68. The Bertz CT molecular complexity index is 429. The lowest BCUT2D eigenvalue weighted by molar-refractivity contribution is -0.255. The molecule has 0 saturated heterocycles. The molecular formula is C18H25FO. The van der Waals surface area contributed by atoms with E-state index in [0.717, 1.165) is 29.8 Å². The van der Waals surface area contributed by atoms with Gasteiger partial charge in [-0.2, -0.15) is 0 Å². The summed E-state index contributed by atoms with van der Waals surface area (Å²) in [5.41, 5.74) is 0.791. The molecule has 0 aromatic carbocycles. The summed E-state index contributed by atoms with van der Waals surface area (Å²) in [4.78, 5) is 0. The molecule has 0 heterocycles. The van der Waals surface area contributed by atoms with Gasteiger partial charge in [0, 0.05) is 6.61 Å². The average Bonchev–Trinajstić information content (AvgIpc) is 2.42. The Balaban J connectivity index is 1.14. The van der Waals surface area contributed by atoms with E-state index in [2.05, 4.69) is 0 Å². The molecule has 0 aromatic rings. The van der Waals surface area contributed by atoms with Crippen LogP contribution in [0.4, 0.5) is 4.39 Å². The van der Waals surface area contributed by atoms with Gasteiger partial charge in [-0.15, -0.1) is 0 Å². The second-order valence-electron chi connectivity index (χ2n) is 7.28. The summed E-state index contributed by atoms with van der Waals surface area (Å²) < 4.78 is 18.6. The van der Waals surface area contributed by atoms with Crippen LogP contribution in [0.2, 0.25) is 0 Å². The highest BCUT2D eigenvalue weighted by molar-refractivity contribution is 5.18. The van der Waals surface area contributed by atoms with Crippen LogP contribution in [0.5, 0.6) is 0 Å². The molecule has 4 rings (SSSR count). The van der Waals surface area contributed by atoms with Crippen LogP contribution in [0, 0.1) is 23.2 Å². The van der Waals surface area contributed by atoms with Crippen LogP contribution >= 0.6 is 0 Å². The summed E-state index contributed by atoms with van der Waals surface area (Å²) in [6.45, 7) is 0.833. The Labute approximate surface area is 121 Å². The van der Waals surface area contributed by atoms with E-state index >= 15 is 0 Å². The van der Waals surface area contributed by atoms with Crippen LogP contribution in [0.3, 0.4) is 0 Å². The van der Waals surface area contributed by atoms with Crippen molar-refractivity contribution in [3.63, 3.8) is 0 Å². The van der Waals surface area contributed by atoms with Crippen LogP contribution in [0.25, 0.3) is 0 Å². The summed E-state index contributed by atoms with van der Waals surface area (Å²) in [5.74, 6) is 3.22. The SMILES string of the molecule is FC1=CCC(OCCCCC23CCC2C2CCC23)C=C1. The lowest BCUT2D eigenvalue weighted by atomic mass is 9.30. The fraction of sp³-hybridized carbons (Fsp3) is 0.778. The zero-order chi connectivity index (χ0) is 13.6. The highest BCUT2D eigenvalue weighted by Crippen LogP contribution is 2.76. The summed E-state index contributed by atoms with van der Waals surface area (Å²) in [5, 5.41) is 0. The summed E-state index contributed by atoms with van der Waals surface area (Å²) in [6, 6.07) is 0. The zero-order valence-corrected chi connectivity index (χ0v) is 12.2. The molecule has 0 radical (unpaired) electrons. The molecule has 0 aliphatic heterocycles. The van der Waals surface area contributed by atoms with Gasteiger partial charge in [0.25, 0.3) is 0 Å². The van der Waals surface area contributed by atoms with Crippen molar-refractivity contribution in [3.8, 4) is 0 Å². The third kappa shape index (κ3) is 1.91. The second kappa shape index (κ2) is 4.98. The molecule has 0 amide bonds. The second-order valence-corrected chi connectivity index (χ2v) is 7.28. The highest BCUT2D eigenvalue weighted by atomic mass is 19.1. The monoisotopic (exact) mass is 276 g/mol. The van der Waals surface area contributed by atoms with Gasteiger partial charge in [-0.1, -0.05) is 12.5 Å². The average molecular weight is 276 g/mol. The van der Waals surface area contributed by atoms with E-state index < -0.39 is 0 Å². The lowest BCUT2D eigenvalue weighted by Gasteiger charge is -2.74. The fourth-order valence-corrected chi connectivity index (χ4v) is 5.37. The van der Waals surface area contributed by atoms with Crippen molar-refractivity contribution in [1.82, 2.24) is 0 Å². The van der Waals surface area contributed by atoms with Crippen molar-refractivity contribution in [2.45, 2.75) is 57.5 Å². The first-order chi connectivity index (χ1) is 9.79. The summed E-state index contributed by atoms with van der Waals surface area (Å²) in [6.07, 6.45) is 15.8. The topological polar surface area (TPSA) is 9.23 Å². The van der Waals surface area contributed by atoms with Gasteiger partial charge in [0.05, 0.1) is 6.10 Å². The Kier molecular flexibility index (Phi) is 3.25. The molecule has 0 spiro atoms. The number of fused-ring (bicyclic) bond motifs is 4. The van der Waals surface area contributed by atoms with Gasteiger partial charge in [0.2, 0.25) is 0 Å². The van der Waals surface area contributed by atoms with E-state index in [4.69, 9.17) is 4.74 Å². The van der Waals surface area contributed by atoms with E-state index in [1.807, 2.05) is 6.08 Å². The van der Waals surface area contributed by atoms with Gasteiger partial charge < -0.3 is 4.74 Å². The number of hydrogen-bond acceptors (Lipinski definition) is 1. The molecule has 0 N–H and O–H groups in total. The van der Waals surface area contributed by atoms with Crippen molar-refractivity contribution in [1.29, 1.82) is 0 Å². The lowest BCUT2D eigenvalue weighted by Crippen LogP contribution is -2.67. The van der Waals surface area contributed by atoms with Crippen LogP contribution < -0.4 is 0 Å². The van der Waals surface area contributed by atoms with Gasteiger partial charge in [0.15, 0.2) is 0 Å². The van der Waals surface area contributed by atoms with Gasteiger partial charge in [-0.05, 0) is 80.3 Å². The molecule has 4 aliphatic rings. The van der Waals surface area contributed by atoms with Gasteiger partial charge in [-0.25, -0.2) is 4.39 Å². The third-order valence-corrected chi connectivity index (χ3v) is 6.63. The molecule has 1 nitrogen and oxygen atoms in total. The van der Waals surface area contributed by atoms with Crippen LogP contribution in [-0.2, 0) is 4.74 Å². The minimum absolute atomic E-state index is 0.101. The molecule has 3 saturated carbocycles. The minimum atomic E-state index is -0.125. The number of hydrogen-bond donors (Lipinski definition) is 0. The molecule has 2 heteroatoms. The first kappa shape index (κ1) is 13.1. The standard InChI is InChI=1S/C18H25FO/c19-13-3-5-14(6-4-13)20-12-2-1-10-18-11-9-17(18)15-7-8-16(15)18/h3-5,14-17H,1-2,6-12H2. The predicted octanol–water partition coefficient (Wildman–Crippen LogP) is 4.79. The smallest absolute Gasteiger partial charge is 0.119 e. The predicted molar refractivity (Wildman–Crippen MR) is 77.9 cm³/mol.